The number of carbonyl (C=O) groups is 1. The molecular weight excluding hydrogens is 321 g/mol. The van der Waals surface area contributed by atoms with Crippen LogP contribution >= 0.6 is 0 Å². The van der Waals surface area contributed by atoms with Crippen molar-refractivity contribution in [3.63, 3.8) is 0 Å². The third-order valence-corrected chi connectivity index (χ3v) is 4.45. The number of carbonyl (C=O) groups excluding carboxylic acids is 1. The summed E-state index contributed by atoms with van der Waals surface area (Å²) in [6.07, 6.45) is -0.534. The van der Waals surface area contributed by atoms with Crippen LogP contribution in [0, 0.1) is 0 Å². The smallest absolute Gasteiger partial charge is 0.494 e. The van der Waals surface area contributed by atoms with Crippen molar-refractivity contribution in [2.24, 2.45) is 0 Å². The Balaban J connectivity index is 2.10. The van der Waals surface area contributed by atoms with Crippen LogP contribution in [0.15, 0.2) is 18.2 Å². The van der Waals surface area contributed by atoms with Gasteiger partial charge in [0.25, 0.3) is 0 Å². The largest absolute Gasteiger partial charge is 0.508 e. The highest BCUT2D eigenvalue weighted by atomic mass is 16.7. The SMILES string of the molecule is CC(C)(C)OC(=O)NCc1cc(B2OC(C)(C)C(C)(C)O2)ccc1O. The first-order valence-electron chi connectivity index (χ1n) is 8.45. The maximum absolute atomic E-state index is 11.8. The second kappa shape index (κ2) is 6.54. The predicted molar refractivity (Wildman–Crippen MR) is 96.9 cm³/mol. The minimum atomic E-state index is -0.573. The highest BCUT2D eigenvalue weighted by molar-refractivity contribution is 6.62. The maximum atomic E-state index is 11.8. The van der Waals surface area contributed by atoms with Gasteiger partial charge >= 0.3 is 13.2 Å². The maximum Gasteiger partial charge on any atom is 0.494 e. The molecule has 0 spiro atoms. The Labute approximate surface area is 150 Å². The zero-order valence-electron chi connectivity index (χ0n) is 16.1. The number of aromatic hydroxyl groups is 1. The van der Waals surface area contributed by atoms with Crippen molar-refractivity contribution in [2.75, 3.05) is 0 Å². The lowest BCUT2D eigenvalue weighted by molar-refractivity contribution is 0.00578. The molecule has 1 saturated heterocycles. The van der Waals surface area contributed by atoms with Crippen molar-refractivity contribution in [1.29, 1.82) is 0 Å². The van der Waals surface area contributed by atoms with E-state index >= 15 is 0 Å². The summed E-state index contributed by atoms with van der Waals surface area (Å²) in [6, 6.07) is 5.11. The van der Waals surface area contributed by atoms with E-state index in [1.807, 2.05) is 27.7 Å². The van der Waals surface area contributed by atoms with Gasteiger partial charge in [-0.1, -0.05) is 12.1 Å². The van der Waals surface area contributed by atoms with Crippen molar-refractivity contribution < 1.29 is 23.9 Å². The van der Waals surface area contributed by atoms with Crippen LogP contribution < -0.4 is 10.8 Å². The monoisotopic (exact) mass is 349 g/mol. The minimum absolute atomic E-state index is 0.0938. The Bertz CT molecular complexity index is 635. The van der Waals surface area contributed by atoms with Gasteiger partial charge in [0, 0.05) is 12.1 Å². The number of rotatable bonds is 3. The van der Waals surface area contributed by atoms with Crippen LogP contribution in [0.3, 0.4) is 0 Å². The van der Waals surface area contributed by atoms with E-state index in [0.29, 0.717) is 5.56 Å². The first kappa shape index (κ1) is 19.6. The highest BCUT2D eigenvalue weighted by Crippen LogP contribution is 2.36. The molecule has 2 N–H and O–H groups in total. The van der Waals surface area contributed by atoms with Crippen molar-refractivity contribution in [3.8, 4) is 5.75 Å². The molecule has 7 heteroatoms. The second-order valence-electron chi connectivity index (χ2n) is 8.33. The van der Waals surface area contributed by atoms with Gasteiger partial charge in [-0.15, -0.1) is 0 Å². The average molecular weight is 349 g/mol. The first-order valence-corrected chi connectivity index (χ1v) is 8.45. The molecule has 1 aromatic carbocycles. The lowest BCUT2D eigenvalue weighted by atomic mass is 9.78. The van der Waals surface area contributed by atoms with Gasteiger partial charge in [-0.3, -0.25) is 0 Å². The molecule has 6 nitrogen and oxygen atoms in total. The van der Waals surface area contributed by atoms with E-state index in [1.54, 1.807) is 39.0 Å². The van der Waals surface area contributed by atoms with Gasteiger partial charge in [0.05, 0.1) is 11.2 Å². The molecule has 0 radical (unpaired) electrons. The fourth-order valence-corrected chi connectivity index (χ4v) is 2.35. The fraction of sp³-hybridized carbons (Fsp3) is 0.611. The van der Waals surface area contributed by atoms with Crippen LogP contribution in [0.1, 0.15) is 54.0 Å². The number of hydrogen-bond acceptors (Lipinski definition) is 5. The Morgan fingerprint density at radius 2 is 1.76 bits per heavy atom. The number of alkyl carbamates (subject to hydrolysis) is 1. The molecular formula is C18H28BNO5. The summed E-state index contributed by atoms with van der Waals surface area (Å²) in [7, 11) is -0.522. The first-order chi connectivity index (χ1) is 11.3. The molecule has 0 atom stereocenters. The molecule has 2 rings (SSSR count). The number of hydrogen-bond donors (Lipinski definition) is 2. The van der Waals surface area contributed by atoms with E-state index < -0.39 is 30.0 Å². The van der Waals surface area contributed by atoms with Gasteiger partial charge in [0.1, 0.15) is 11.4 Å². The molecule has 0 bridgehead atoms. The number of amides is 1. The zero-order valence-corrected chi connectivity index (χ0v) is 16.1. The molecule has 0 aliphatic carbocycles. The summed E-state index contributed by atoms with van der Waals surface area (Å²) in [6.45, 7) is 13.5. The topological polar surface area (TPSA) is 77.0 Å². The Morgan fingerprint density at radius 3 is 2.28 bits per heavy atom. The van der Waals surface area contributed by atoms with Crippen molar-refractivity contribution in [2.45, 2.75) is 71.8 Å². The molecule has 25 heavy (non-hydrogen) atoms. The fourth-order valence-electron chi connectivity index (χ4n) is 2.35. The van der Waals surface area contributed by atoms with Gasteiger partial charge in [0.2, 0.25) is 0 Å². The summed E-state index contributed by atoms with van der Waals surface area (Å²) in [4.78, 5) is 11.8. The summed E-state index contributed by atoms with van der Waals surface area (Å²) in [5.41, 5.74) is -0.0958. The van der Waals surface area contributed by atoms with Crippen LogP contribution in [-0.2, 0) is 20.6 Å². The Hall–Kier alpha value is -1.73. The molecule has 1 aliphatic heterocycles. The molecule has 0 saturated carbocycles. The minimum Gasteiger partial charge on any atom is -0.508 e. The van der Waals surface area contributed by atoms with E-state index in [1.165, 1.54) is 0 Å². The lowest BCUT2D eigenvalue weighted by Gasteiger charge is -2.32. The number of phenolic OH excluding ortho intramolecular Hbond substituents is 1. The summed E-state index contributed by atoms with van der Waals surface area (Å²) in [5.74, 6) is 0.0938. The van der Waals surface area contributed by atoms with Gasteiger partial charge in [-0.05, 0) is 60.0 Å². The van der Waals surface area contributed by atoms with E-state index in [0.717, 1.165) is 5.46 Å². The highest BCUT2D eigenvalue weighted by Gasteiger charge is 2.51. The Kier molecular flexibility index (Phi) is 5.12. The van der Waals surface area contributed by atoms with E-state index in [4.69, 9.17) is 14.0 Å². The summed E-state index contributed by atoms with van der Waals surface area (Å²) >= 11 is 0. The number of nitrogens with one attached hydrogen (secondary N) is 1. The van der Waals surface area contributed by atoms with E-state index in [-0.39, 0.29) is 12.3 Å². The predicted octanol–water partition coefficient (Wildman–Crippen LogP) is 2.72. The third-order valence-electron chi connectivity index (χ3n) is 4.45. The van der Waals surface area contributed by atoms with Crippen molar-refractivity contribution in [3.05, 3.63) is 23.8 Å². The lowest BCUT2D eigenvalue weighted by Crippen LogP contribution is -2.41. The van der Waals surface area contributed by atoms with E-state index in [9.17, 15) is 9.90 Å². The van der Waals surface area contributed by atoms with E-state index in [2.05, 4.69) is 5.32 Å². The molecule has 1 fully saturated rings. The van der Waals surface area contributed by atoms with Gasteiger partial charge in [0.15, 0.2) is 0 Å². The molecule has 1 amide bonds. The second-order valence-corrected chi connectivity index (χ2v) is 8.33. The van der Waals surface area contributed by atoms with Gasteiger partial charge in [-0.25, -0.2) is 4.79 Å². The van der Waals surface area contributed by atoms with Crippen LogP contribution in [0.2, 0.25) is 0 Å². The quantitative estimate of drug-likeness (QED) is 0.821. The van der Waals surface area contributed by atoms with Crippen LogP contribution in [0.4, 0.5) is 4.79 Å². The van der Waals surface area contributed by atoms with Crippen molar-refractivity contribution >= 4 is 18.7 Å². The normalized spacial score (nSPS) is 18.9. The van der Waals surface area contributed by atoms with Crippen LogP contribution in [0.5, 0.6) is 5.75 Å². The number of benzene rings is 1. The van der Waals surface area contributed by atoms with Crippen LogP contribution in [-0.4, -0.2) is 35.1 Å². The molecule has 138 valence electrons. The molecule has 0 aromatic heterocycles. The summed E-state index contributed by atoms with van der Waals surface area (Å²) < 4.78 is 17.2. The molecule has 1 heterocycles. The zero-order chi connectivity index (χ0) is 19.0. The van der Waals surface area contributed by atoms with Gasteiger partial charge < -0.3 is 24.5 Å². The van der Waals surface area contributed by atoms with Crippen LogP contribution in [0.25, 0.3) is 0 Å². The molecule has 1 aliphatic rings. The number of phenols is 1. The van der Waals surface area contributed by atoms with Gasteiger partial charge in [-0.2, -0.15) is 0 Å². The molecule has 0 unspecified atom stereocenters. The van der Waals surface area contributed by atoms with Crippen molar-refractivity contribution in [1.82, 2.24) is 5.32 Å². The Morgan fingerprint density at radius 1 is 1.20 bits per heavy atom. The third kappa shape index (κ3) is 4.67. The number of ether oxygens (including phenoxy) is 1. The molecule has 1 aromatic rings. The standard InChI is InChI=1S/C18H28BNO5/c1-16(2,3)23-15(22)20-11-12-10-13(8-9-14(12)21)19-24-17(4,5)18(6,7)25-19/h8-10,21H,11H2,1-7H3,(H,20,22). The summed E-state index contributed by atoms with van der Waals surface area (Å²) in [5, 5.41) is 12.7. The average Bonchev–Trinajstić information content (AvgIpc) is 2.64.